The van der Waals surface area contributed by atoms with Gasteiger partial charge in [0.05, 0.1) is 14.2 Å². The second-order valence-electron chi connectivity index (χ2n) is 9.48. The Morgan fingerprint density at radius 2 is 1.12 bits per heavy atom. The average molecular weight is 522 g/mol. The Morgan fingerprint density at radius 3 is 1.70 bits per heavy atom. The van der Waals surface area contributed by atoms with E-state index in [4.69, 9.17) is 9.47 Å². The Kier molecular flexibility index (Phi) is 7.06. The molecule has 0 bridgehead atoms. The molecule has 2 aromatic heterocycles. The van der Waals surface area contributed by atoms with Crippen molar-refractivity contribution in [2.45, 2.75) is 0 Å². The number of H-pyrrole nitrogens is 1. The summed E-state index contributed by atoms with van der Waals surface area (Å²) in [7, 11) is 3.41. The lowest BCUT2D eigenvalue weighted by Gasteiger charge is -2.08. The molecule has 0 spiro atoms. The highest BCUT2D eigenvalue weighted by atomic mass is 16.5. The van der Waals surface area contributed by atoms with Gasteiger partial charge in [0.25, 0.3) is 0 Å². The number of aromatic nitrogens is 2. The van der Waals surface area contributed by atoms with Gasteiger partial charge in [-0.15, -0.1) is 0 Å². The van der Waals surface area contributed by atoms with Crippen LogP contribution in [0.2, 0.25) is 0 Å². The van der Waals surface area contributed by atoms with Crippen LogP contribution in [-0.4, -0.2) is 19.2 Å². The number of nitrogens with zero attached hydrogens (tertiary/aromatic N) is 1. The smallest absolute Gasteiger partial charge is 0.230 e. The van der Waals surface area contributed by atoms with Crippen LogP contribution in [0.25, 0.3) is 57.2 Å². The monoisotopic (exact) mass is 521 g/mol. The number of rotatable bonds is 7. The molecule has 4 aromatic carbocycles. The van der Waals surface area contributed by atoms with Crippen molar-refractivity contribution >= 4 is 45.8 Å². The van der Waals surface area contributed by atoms with Crippen molar-refractivity contribution < 1.29 is 14.5 Å². The lowest BCUT2D eigenvalue weighted by atomic mass is 10.0. The molecule has 40 heavy (non-hydrogen) atoms. The fourth-order valence-corrected chi connectivity index (χ4v) is 5.04. The maximum Gasteiger partial charge on any atom is 0.230 e. The number of hydrogen-bond acceptors (Lipinski definition) is 3. The zero-order valence-corrected chi connectivity index (χ0v) is 22.5. The Hall–Kier alpha value is -5.22. The molecule has 0 radical (unpaired) electrons. The lowest BCUT2D eigenvalue weighted by molar-refractivity contribution is -0.364. The molecule has 6 aromatic rings. The third-order valence-electron chi connectivity index (χ3n) is 7.07. The molecular formula is C36H29N2O2+. The van der Waals surface area contributed by atoms with Crippen LogP contribution in [0.4, 0.5) is 0 Å². The highest BCUT2D eigenvalue weighted by Crippen LogP contribution is 2.31. The number of ether oxygens (including phenoxy) is 2. The van der Waals surface area contributed by atoms with Crippen molar-refractivity contribution in [2.24, 2.45) is 0 Å². The number of nitrogens with one attached hydrogen (secondary N) is 1. The van der Waals surface area contributed by atoms with Crippen LogP contribution in [-0.2, 0) is 0 Å². The van der Waals surface area contributed by atoms with Crippen molar-refractivity contribution in [3.63, 3.8) is 0 Å². The Balaban J connectivity index is 1.27. The fourth-order valence-electron chi connectivity index (χ4n) is 5.04. The quantitative estimate of drug-likeness (QED) is 0.213. The van der Waals surface area contributed by atoms with Gasteiger partial charge in [-0.05, 0) is 57.3 Å². The van der Waals surface area contributed by atoms with Crippen LogP contribution in [0.1, 0.15) is 22.3 Å². The molecule has 0 saturated heterocycles. The number of fused-ring (bicyclic) bond motifs is 2. The largest absolute Gasteiger partial charge is 0.496 e. The third-order valence-corrected chi connectivity index (χ3v) is 7.07. The molecule has 0 fully saturated rings. The molecule has 4 heteroatoms. The number of methoxy groups -OCH3 is 2. The fraction of sp³-hybridized carbons (Fsp3) is 0.0556. The van der Waals surface area contributed by atoms with E-state index in [0.29, 0.717) is 0 Å². The zero-order valence-electron chi connectivity index (χ0n) is 22.5. The Morgan fingerprint density at radius 1 is 0.575 bits per heavy atom. The van der Waals surface area contributed by atoms with Gasteiger partial charge in [0, 0.05) is 29.1 Å². The summed E-state index contributed by atoms with van der Waals surface area (Å²) < 4.78 is 11.1. The lowest BCUT2D eigenvalue weighted by Crippen LogP contribution is -2.06. The molecule has 194 valence electrons. The van der Waals surface area contributed by atoms with Crippen LogP contribution in [0, 0.1) is 0 Å². The van der Waals surface area contributed by atoms with E-state index in [0.717, 1.165) is 66.7 Å². The van der Waals surface area contributed by atoms with Crippen molar-refractivity contribution in [1.29, 1.82) is 0 Å². The molecule has 0 aliphatic heterocycles. The minimum Gasteiger partial charge on any atom is -0.496 e. The van der Waals surface area contributed by atoms with Crippen LogP contribution in [0.5, 0.6) is 11.5 Å². The standard InChI is InChI=1S/C36H28N2O2/c1-39-35-17-15-27(29-7-3-5-9-31(29)35)13-11-25-19-21-37-33(23-25)34-24-26(20-22-38-34)12-14-28-16-18-36(40-2)32-10-6-4-8-30(28)32/h3-24H,1-2H3/p+1/b13-11+,14-12+. The first kappa shape index (κ1) is 25.1. The molecule has 0 saturated carbocycles. The van der Waals surface area contributed by atoms with Crippen LogP contribution in [0.15, 0.2) is 109 Å². The van der Waals surface area contributed by atoms with E-state index in [9.17, 15) is 0 Å². The molecule has 2 heterocycles. The molecule has 0 aliphatic carbocycles. The SMILES string of the molecule is COc1ccc(/C=C/c2ccnc(-c3cc(/C=C/c4ccc(OC)c5ccccc45)cc[nH+]3)c2)c2ccccc12. The first-order chi connectivity index (χ1) is 19.7. The molecule has 0 unspecified atom stereocenters. The van der Waals surface area contributed by atoms with E-state index in [2.05, 4.69) is 101 Å². The Labute approximate surface area is 233 Å². The van der Waals surface area contributed by atoms with Crippen LogP contribution < -0.4 is 14.5 Å². The van der Waals surface area contributed by atoms with E-state index >= 15 is 0 Å². The molecular weight excluding hydrogens is 492 g/mol. The van der Waals surface area contributed by atoms with Crippen molar-refractivity contribution in [3.8, 4) is 22.9 Å². The van der Waals surface area contributed by atoms with E-state index in [1.165, 1.54) is 0 Å². The number of aromatic amines is 1. The zero-order chi connectivity index (χ0) is 27.3. The van der Waals surface area contributed by atoms with E-state index in [1.54, 1.807) is 14.2 Å². The van der Waals surface area contributed by atoms with E-state index in [-0.39, 0.29) is 0 Å². The summed E-state index contributed by atoms with van der Waals surface area (Å²) in [5.41, 5.74) is 6.27. The summed E-state index contributed by atoms with van der Waals surface area (Å²) >= 11 is 0. The Bertz CT molecular complexity index is 1750. The van der Waals surface area contributed by atoms with Gasteiger partial charge < -0.3 is 9.47 Å². The maximum atomic E-state index is 5.55. The summed E-state index contributed by atoms with van der Waals surface area (Å²) in [4.78, 5) is 7.99. The molecule has 0 atom stereocenters. The third kappa shape index (κ3) is 5.07. The van der Waals surface area contributed by atoms with Gasteiger partial charge in [0.15, 0.2) is 6.20 Å². The first-order valence-corrected chi connectivity index (χ1v) is 13.2. The van der Waals surface area contributed by atoms with Gasteiger partial charge in [-0.25, -0.2) is 9.97 Å². The average Bonchev–Trinajstić information content (AvgIpc) is 3.02. The van der Waals surface area contributed by atoms with Gasteiger partial charge >= 0.3 is 0 Å². The number of pyridine rings is 2. The summed E-state index contributed by atoms with van der Waals surface area (Å²) in [5.74, 6) is 1.76. The van der Waals surface area contributed by atoms with Crippen LogP contribution >= 0.6 is 0 Å². The topological polar surface area (TPSA) is 45.5 Å². The highest BCUT2D eigenvalue weighted by molar-refractivity contribution is 5.97. The second kappa shape index (κ2) is 11.3. The molecule has 0 aliphatic rings. The van der Waals surface area contributed by atoms with Gasteiger partial charge in [0.2, 0.25) is 5.69 Å². The first-order valence-electron chi connectivity index (χ1n) is 13.2. The minimum atomic E-state index is 0.878. The van der Waals surface area contributed by atoms with Gasteiger partial charge in [-0.1, -0.05) is 85.0 Å². The minimum absolute atomic E-state index is 0.878. The molecule has 1 N–H and O–H groups in total. The molecule has 4 nitrogen and oxygen atoms in total. The highest BCUT2D eigenvalue weighted by Gasteiger charge is 2.09. The predicted octanol–water partition coefficient (Wildman–Crippen LogP) is 8.23. The van der Waals surface area contributed by atoms with Crippen LogP contribution in [0.3, 0.4) is 0 Å². The predicted molar refractivity (Wildman–Crippen MR) is 165 cm³/mol. The van der Waals surface area contributed by atoms with E-state index in [1.807, 2.05) is 42.7 Å². The van der Waals surface area contributed by atoms with Crippen molar-refractivity contribution in [2.75, 3.05) is 14.2 Å². The summed E-state index contributed by atoms with van der Waals surface area (Å²) in [5, 5.41) is 4.52. The van der Waals surface area contributed by atoms with Gasteiger partial charge in [-0.3, -0.25) is 0 Å². The summed E-state index contributed by atoms with van der Waals surface area (Å²) in [6, 6.07) is 33.1. The molecule has 6 rings (SSSR count). The number of benzene rings is 4. The second-order valence-corrected chi connectivity index (χ2v) is 9.48. The normalized spacial score (nSPS) is 11.6. The van der Waals surface area contributed by atoms with Crippen molar-refractivity contribution in [1.82, 2.24) is 4.98 Å². The van der Waals surface area contributed by atoms with Gasteiger partial charge in [0.1, 0.15) is 17.2 Å². The van der Waals surface area contributed by atoms with E-state index < -0.39 is 0 Å². The summed E-state index contributed by atoms with van der Waals surface area (Å²) in [6.07, 6.45) is 12.3. The van der Waals surface area contributed by atoms with Gasteiger partial charge in [-0.2, -0.15) is 0 Å². The maximum absolute atomic E-state index is 5.55. The summed E-state index contributed by atoms with van der Waals surface area (Å²) in [6.45, 7) is 0. The van der Waals surface area contributed by atoms with Crippen molar-refractivity contribution in [3.05, 3.63) is 132 Å². The number of hydrogen-bond donors (Lipinski definition) is 0. The molecule has 0 amide bonds.